The van der Waals surface area contributed by atoms with Crippen molar-refractivity contribution in [1.82, 2.24) is 10.6 Å². The molecule has 96 valence electrons. The first-order chi connectivity index (χ1) is 8.69. The van der Waals surface area contributed by atoms with Crippen LogP contribution in [0.15, 0.2) is 34.3 Å². The van der Waals surface area contributed by atoms with Crippen molar-refractivity contribution in [2.75, 3.05) is 20.2 Å². The van der Waals surface area contributed by atoms with Crippen molar-refractivity contribution in [2.45, 2.75) is 19.8 Å². The van der Waals surface area contributed by atoms with Gasteiger partial charge in [0.2, 0.25) is 5.91 Å². The Morgan fingerprint density at radius 1 is 1.61 bits per heavy atom. The number of nitrogens with one attached hydrogen (secondary N) is 2. The van der Waals surface area contributed by atoms with E-state index in [1.165, 1.54) is 16.7 Å². The second-order valence-corrected chi connectivity index (χ2v) is 5.11. The highest BCUT2D eigenvalue weighted by Gasteiger charge is 2.34. The molecule has 1 atom stereocenters. The second-order valence-electron chi connectivity index (χ2n) is 5.11. The predicted molar refractivity (Wildman–Crippen MR) is 68.6 cm³/mol. The van der Waals surface area contributed by atoms with Gasteiger partial charge in [0.05, 0.1) is 12.8 Å². The smallest absolute Gasteiger partial charge is 0.216 e. The van der Waals surface area contributed by atoms with Crippen LogP contribution in [0.4, 0.5) is 0 Å². The summed E-state index contributed by atoms with van der Waals surface area (Å²) in [6, 6.07) is 0. The van der Waals surface area contributed by atoms with Gasteiger partial charge in [0.1, 0.15) is 5.76 Å². The molecule has 1 amide bonds. The monoisotopic (exact) mass is 246 g/mol. The molecular weight excluding hydrogens is 228 g/mol. The zero-order valence-electron chi connectivity index (χ0n) is 10.8. The molecule has 0 aromatic rings. The highest BCUT2D eigenvalue weighted by atomic mass is 16.5. The number of allylic oxidation sites excluding steroid dienone is 2. The lowest BCUT2D eigenvalue weighted by Gasteiger charge is -2.28. The lowest BCUT2D eigenvalue weighted by molar-refractivity contribution is -0.119. The molecule has 0 aromatic carbocycles. The van der Waals surface area contributed by atoms with E-state index in [-0.39, 0.29) is 5.91 Å². The molecule has 2 N–H and O–H groups in total. The summed E-state index contributed by atoms with van der Waals surface area (Å²) in [6.07, 6.45) is 4.21. The standard InChI is InChI=1S/C14H18N2O2/c1-8(17)15-6-10-3-9-4-11-12(10)7-16-14(11)13(5-9)18-2/h4,10,16H,3,5-7H2,1-2H3,(H,15,17). The van der Waals surface area contributed by atoms with Gasteiger partial charge in [-0.15, -0.1) is 0 Å². The normalized spacial score (nSPS) is 24.8. The number of hydrogen-bond acceptors (Lipinski definition) is 3. The van der Waals surface area contributed by atoms with E-state index in [9.17, 15) is 4.79 Å². The van der Waals surface area contributed by atoms with Crippen molar-refractivity contribution in [2.24, 2.45) is 5.92 Å². The number of amides is 1. The summed E-state index contributed by atoms with van der Waals surface area (Å²) in [5.41, 5.74) is 5.28. The lowest BCUT2D eigenvalue weighted by Crippen LogP contribution is -2.30. The molecule has 2 bridgehead atoms. The average Bonchev–Trinajstić information content (AvgIpc) is 2.80. The van der Waals surface area contributed by atoms with E-state index in [4.69, 9.17) is 4.74 Å². The van der Waals surface area contributed by atoms with E-state index in [1.807, 2.05) is 0 Å². The van der Waals surface area contributed by atoms with E-state index < -0.39 is 0 Å². The molecule has 0 radical (unpaired) electrons. The largest absolute Gasteiger partial charge is 0.499 e. The number of ether oxygens (including phenoxy) is 1. The molecule has 0 saturated carbocycles. The van der Waals surface area contributed by atoms with Crippen molar-refractivity contribution in [3.63, 3.8) is 0 Å². The van der Waals surface area contributed by atoms with Crippen molar-refractivity contribution < 1.29 is 9.53 Å². The van der Waals surface area contributed by atoms with E-state index in [1.54, 1.807) is 14.0 Å². The van der Waals surface area contributed by atoms with E-state index >= 15 is 0 Å². The molecule has 4 heteroatoms. The summed E-state index contributed by atoms with van der Waals surface area (Å²) in [5.74, 6) is 1.53. The minimum absolute atomic E-state index is 0.0459. The van der Waals surface area contributed by atoms with Crippen LogP contribution in [0.1, 0.15) is 19.8 Å². The van der Waals surface area contributed by atoms with Gasteiger partial charge in [-0.3, -0.25) is 4.79 Å². The van der Waals surface area contributed by atoms with Crippen molar-refractivity contribution in [1.29, 1.82) is 0 Å². The minimum atomic E-state index is 0.0459. The molecule has 1 heterocycles. The van der Waals surface area contributed by atoms with Gasteiger partial charge >= 0.3 is 0 Å². The van der Waals surface area contributed by atoms with Crippen molar-refractivity contribution >= 4 is 5.91 Å². The quantitative estimate of drug-likeness (QED) is 0.787. The predicted octanol–water partition coefficient (Wildman–Crippen LogP) is 1.23. The average molecular weight is 246 g/mol. The molecule has 2 aliphatic carbocycles. The fraction of sp³-hybridized carbons (Fsp3) is 0.500. The SMILES string of the molecule is COC1=C2NCC3=C2C=C(C1)CC3CNC(C)=O. The van der Waals surface area contributed by atoms with Crippen LogP contribution in [0, 0.1) is 5.92 Å². The zero-order chi connectivity index (χ0) is 12.7. The third-order valence-corrected chi connectivity index (χ3v) is 3.93. The number of hydrogen-bond donors (Lipinski definition) is 2. The van der Waals surface area contributed by atoms with Gasteiger partial charge in [0.15, 0.2) is 0 Å². The summed E-state index contributed by atoms with van der Waals surface area (Å²) >= 11 is 0. The lowest BCUT2D eigenvalue weighted by atomic mass is 9.79. The van der Waals surface area contributed by atoms with Gasteiger partial charge in [0.25, 0.3) is 0 Å². The van der Waals surface area contributed by atoms with Crippen LogP contribution in [0.5, 0.6) is 0 Å². The Balaban J connectivity index is 1.88. The van der Waals surface area contributed by atoms with E-state index in [2.05, 4.69) is 16.7 Å². The Bertz CT molecular complexity index is 500. The summed E-state index contributed by atoms with van der Waals surface area (Å²) < 4.78 is 5.46. The van der Waals surface area contributed by atoms with Crippen LogP contribution in [0.25, 0.3) is 0 Å². The molecule has 3 aliphatic rings. The van der Waals surface area contributed by atoms with Gasteiger partial charge in [-0.1, -0.05) is 11.6 Å². The summed E-state index contributed by atoms with van der Waals surface area (Å²) in [4.78, 5) is 11.1. The maximum atomic E-state index is 11.1. The van der Waals surface area contributed by atoms with Crippen LogP contribution >= 0.6 is 0 Å². The fourth-order valence-electron chi connectivity index (χ4n) is 3.07. The van der Waals surface area contributed by atoms with Gasteiger partial charge in [-0.05, 0) is 12.0 Å². The highest BCUT2D eigenvalue weighted by Crippen LogP contribution is 2.42. The molecule has 0 spiro atoms. The van der Waals surface area contributed by atoms with Crippen LogP contribution in [0.2, 0.25) is 0 Å². The second kappa shape index (κ2) is 4.19. The summed E-state index contributed by atoms with van der Waals surface area (Å²) in [7, 11) is 1.74. The Morgan fingerprint density at radius 2 is 2.44 bits per heavy atom. The zero-order valence-corrected chi connectivity index (χ0v) is 10.8. The van der Waals surface area contributed by atoms with Gasteiger partial charge in [0, 0.05) is 37.9 Å². The third-order valence-electron chi connectivity index (χ3n) is 3.93. The molecule has 0 aromatic heterocycles. The molecule has 3 rings (SSSR count). The summed E-state index contributed by atoms with van der Waals surface area (Å²) in [6.45, 7) is 3.19. The number of carbonyl (C=O) groups is 1. The van der Waals surface area contributed by atoms with Crippen LogP contribution in [-0.2, 0) is 9.53 Å². The van der Waals surface area contributed by atoms with Crippen molar-refractivity contribution in [3.8, 4) is 0 Å². The maximum Gasteiger partial charge on any atom is 0.216 e. The molecule has 0 fully saturated rings. The third kappa shape index (κ3) is 1.72. The molecule has 0 saturated heterocycles. The van der Waals surface area contributed by atoms with Gasteiger partial charge in [-0.2, -0.15) is 0 Å². The number of rotatable bonds is 3. The molecule has 1 aliphatic heterocycles. The van der Waals surface area contributed by atoms with Gasteiger partial charge in [-0.25, -0.2) is 0 Å². The van der Waals surface area contributed by atoms with Crippen LogP contribution < -0.4 is 10.6 Å². The first-order valence-electron chi connectivity index (χ1n) is 6.37. The summed E-state index contributed by atoms with van der Waals surface area (Å²) in [5, 5.41) is 6.37. The Labute approximate surface area is 107 Å². The first kappa shape index (κ1) is 11.4. The number of methoxy groups -OCH3 is 1. The Morgan fingerprint density at radius 3 is 3.17 bits per heavy atom. The Kier molecular flexibility index (Phi) is 2.65. The Hall–Kier alpha value is -1.71. The number of carbonyl (C=O) groups excluding carboxylic acids is 1. The topological polar surface area (TPSA) is 50.4 Å². The molecular formula is C14H18N2O2. The fourth-order valence-corrected chi connectivity index (χ4v) is 3.07. The maximum absolute atomic E-state index is 11.1. The molecule has 18 heavy (non-hydrogen) atoms. The minimum Gasteiger partial charge on any atom is -0.499 e. The molecule has 1 unspecified atom stereocenters. The van der Waals surface area contributed by atoms with E-state index in [0.717, 1.165) is 37.4 Å². The van der Waals surface area contributed by atoms with Crippen molar-refractivity contribution in [3.05, 3.63) is 34.3 Å². The van der Waals surface area contributed by atoms with E-state index in [0.29, 0.717) is 5.92 Å². The van der Waals surface area contributed by atoms with Gasteiger partial charge < -0.3 is 15.4 Å². The van der Waals surface area contributed by atoms with Crippen LogP contribution in [0.3, 0.4) is 0 Å². The first-order valence-corrected chi connectivity index (χ1v) is 6.37. The highest BCUT2D eigenvalue weighted by molar-refractivity contribution is 5.73. The van der Waals surface area contributed by atoms with Crippen LogP contribution in [-0.4, -0.2) is 26.1 Å². The molecule has 4 nitrogen and oxygen atoms in total.